The normalized spacial score (nSPS) is 22.9. The first-order valence-electron chi connectivity index (χ1n) is 6.87. The molecule has 5 heteroatoms. The fraction of sp³-hybridized carbons (Fsp3) is 0.923. The van der Waals surface area contributed by atoms with Crippen LogP contribution in [-0.2, 0) is 4.79 Å². The number of carbonyl (C=O) groups is 1. The Balaban J connectivity index is 2.12. The summed E-state index contributed by atoms with van der Waals surface area (Å²) in [5.41, 5.74) is 0. The van der Waals surface area contributed by atoms with Crippen molar-refractivity contribution in [1.82, 2.24) is 10.2 Å². The van der Waals surface area contributed by atoms with Crippen LogP contribution in [0.1, 0.15) is 32.1 Å². The third-order valence-corrected chi connectivity index (χ3v) is 4.33. The van der Waals surface area contributed by atoms with Gasteiger partial charge >= 0.3 is 0 Å². The number of thiol groups is 2. The number of likely N-dealkylation sites (N-methyl/N-ethyl adjacent to an activating group) is 1. The third kappa shape index (κ3) is 5.95. The number of hydrogen-bond donors (Lipinski definition) is 3. The Bertz CT molecular complexity index is 251. The lowest BCUT2D eigenvalue weighted by Gasteiger charge is -2.31. The molecule has 0 spiro atoms. The van der Waals surface area contributed by atoms with Gasteiger partial charge < -0.3 is 5.32 Å². The van der Waals surface area contributed by atoms with Crippen molar-refractivity contribution >= 4 is 31.0 Å². The first-order valence-corrected chi connectivity index (χ1v) is 8.02. The van der Waals surface area contributed by atoms with Gasteiger partial charge in [-0.1, -0.05) is 6.42 Å². The van der Waals surface area contributed by atoms with Crippen molar-refractivity contribution in [1.29, 1.82) is 0 Å². The zero-order valence-electron chi connectivity index (χ0n) is 11.3. The second kappa shape index (κ2) is 9.23. The Morgan fingerprint density at radius 3 is 2.89 bits per heavy atom. The highest BCUT2D eigenvalue weighted by Crippen LogP contribution is 2.14. The van der Waals surface area contributed by atoms with E-state index in [2.05, 4.69) is 35.5 Å². The summed E-state index contributed by atoms with van der Waals surface area (Å²) in [5, 5.41) is 3.73. The van der Waals surface area contributed by atoms with E-state index in [1.807, 2.05) is 7.05 Å². The number of unbranched alkanes of at least 4 members (excludes halogenated alkanes) is 1. The standard InChI is InChI=1S/C13H26N2OS2/c1-15-8-7-14-10-12(15)13(16)5-3-2-4-11(18)6-9-17/h11-12,14,17-18H,2-10H2,1H3. The summed E-state index contributed by atoms with van der Waals surface area (Å²) in [6.07, 6.45) is 4.94. The van der Waals surface area contributed by atoms with E-state index in [4.69, 9.17) is 0 Å². The summed E-state index contributed by atoms with van der Waals surface area (Å²) >= 11 is 8.70. The SMILES string of the molecule is CN1CCNCC1C(=O)CCCCC(S)CCS. The van der Waals surface area contributed by atoms with E-state index < -0.39 is 0 Å². The number of nitrogens with zero attached hydrogens (tertiary/aromatic N) is 1. The van der Waals surface area contributed by atoms with E-state index >= 15 is 0 Å². The molecular weight excluding hydrogens is 264 g/mol. The van der Waals surface area contributed by atoms with E-state index in [1.165, 1.54) is 0 Å². The third-order valence-electron chi connectivity index (χ3n) is 3.56. The average Bonchev–Trinajstić information content (AvgIpc) is 2.35. The monoisotopic (exact) mass is 290 g/mol. The maximum Gasteiger partial charge on any atom is 0.151 e. The van der Waals surface area contributed by atoms with Crippen molar-refractivity contribution in [2.75, 3.05) is 32.4 Å². The number of piperazine rings is 1. The van der Waals surface area contributed by atoms with Gasteiger partial charge in [-0.2, -0.15) is 25.3 Å². The van der Waals surface area contributed by atoms with Crippen molar-refractivity contribution in [2.24, 2.45) is 0 Å². The van der Waals surface area contributed by atoms with Crippen LogP contribution in [0.5, 0.6) is 0 Å². The molecule has 1 aliphatic rings. The fourth-order valence-corrected chi connectivity index (χ4v) is 3.13. The summed E-state index contributed by atoms with van der Waals surface area (Å²) in [4.78, 5) is 14.2. The van der Waals surface area contributed by atoms with E-state index in [0.29, 0.717) is 17.5 Å². The Morgan fingerprint density at radius 2 is 2.22 bits per heavy atom. The lowest BCUT2D eigenvalue weighted by molar-refractivity contribution is -0.124. The summed E-state index contributed by atoms with van der Waals surface area (Å²) in [7, 11) is 2.04. The van der Waals surface area contributed by atoms with E-state index in [0.717, 1.165) is 51.1 Å². The predicted octanol–water partition coefficient (Wildman–Crippen LogP) is 1.64. The largest absolute Gasteiger partial charge is 0.313 e. The van der Waals surface area contributed by atoms with Crippen LogP contribution in [0.4, 0.5) is 0 Å². The lowest BCUT2D eigenvalue weighted by Crippen LogP contribution is -2.53. The first kappa shape index (κ1) is 16.3. The molecule has 1 N–H and O–H groups in total. The zero-order valence-corrected chi connectivity index (χ0v) is 13.1. The molecule has 106 valence electrons. The molecule has 2 unspecified atom stereocenters. The first-order chi connectivity index (χ1) is 8.65. The Labute approximate surface area is 122 Å². The highest BCUT2D eigenvalue weighted by Gasteiger charge is 2.24. The van der Waals surface area contributed by atoms with Crippen molar-refractivity contribution in [3.05, 3.63) is 0 Å². The molecule has 1 fully saturated rings. The molecule has 1 aliphatic heterocycles. The van der Waals surface area contributed by atoms with Crippen molar-refractivity contribution in [3.8, 4) is 0 Å². The van der Waals surface area contributed by atoms with Gasteiger partial charge in [0.15, 0.2) is 5.78 Å². The number of Topliss-reactive ketones (excluding diaryl/α,β-unsaturated/α-hetero) is 1. The van der Waals surface area contributed by atoms with Gasteiger partial charge in [-0.15, -0.1) is 0 Å². The Kier molecular flexibility index (Phi) is 8.39. The highest BCUT2D eigenvalue weighted by molar-refractivity contribution is 7.81. The fourth-order valence-electron chi connectivity index (χ4n) is 2.30. The van der Waals surface area contributed by atoms with E-state index in [1.54, 1.807) is 0 Å². The molecule has 0 aromatic rings. The number of nitrogens with one attached hydrogen (secondary N) is 1. The van der Waals surface area contributed by atoms with Crippen LogP contribution in [0.15, 0.2) is 0 Å². The molecule has 1 saturated heterocycles. The molecular formula is C13H26N2OS2. The van der Waals surface area contributed by atoms with Crippen molar-refractivity contribution in [2.45, 2.75) is 43.4 Å². The van der Waals surface area contributed by atoms with Crippen LogP contribution in [0.2, 0.25) is 0 Å². The minimum absolute atomic E-state index is 0.0861. The van der Waals surface area contributed by atoms with Crippen LogP contribution in [0.3, 0.4) is 0 Å². The Hall–Kier alpha value is 0.290. The molecule has 0 aliphatic carbocycles. The van der Waals surface area contributed by atoms with Crippen LogP contribution in [-0.4, -0.2) is 54.4 Å². The second-order valence-electron chi connectivity index (χ2n) is 5.08. The summed E-state index contributed by atoms with van der Waals surface area (Å²) in [6.45, 7) is 2.77. The van der Waals surface area contributed by atoms with Gasteiger partial charge in [-0.25, -0.2) is 0 Å². The molecule has 0 amide bonds. The van der Waals surface area contributed by atoms with Crippen LogP contribution in [0, 0.1) is 0 Å². The van der Waals surface area contributed by atoms with Crippen LogP contribution in [0.25, 0.3) is 0 Å². The van der Waals surface area contributed by atoms with Gasteiger partial charge in [0.05, 0.1) is 6.04 Å². The molecule has 3 nitrogen and oxygen atoms in total. The molecule has 0 bridgehead atoms. The maximum atomic E-state index is 12.1. The molecule has 0 aromatic heterocycles. The smallest absolute Gasteiger partial charge is 0.151 e. The van der Waals surface area contributed by atoms with Gasteiger partial charge in [-0.3, -0.25) is 9.69 Å². The Morgan fingerprint density at radius 1 is 1.44 bits per heavy atom. The molecule has 2 atom stereocenters. The average molecular weight is 290 g/mol. The molecule has 0 saturated carbocycles. The molecule has 0 radical (unpaired) electrons. The van der Waals surface area contributed by atoms with Gasteiger partial charge in [0.1, 0.15) is 0 Å². The van der Waals surface area contributed by atoms with E-state index in [-0.39, 0.29) is 6.04 Å². The predicted molar refractivity (Wildman–Crippen MR) is 84.0 cm³/mol. The van der Waals surface area contributed by atoms with Crippen molar-refractivity contribution < 1.29 is 4.79 Å². The minimum atomic E-state index is 0.0861. The molecule has 18 heavy (non-hydrogen) atoms. The number of hydrogen-bond acceptors (Lipinski definition) is 5. The quantitative estimate of drug-likeness (QED) is 0.469. The molecule has 1 rings (SSSR count). The second-order valence-corrected chi connectivity index (χ2v) is 6.26. The van der Waals surface area contributed by atoms with Gasteiger partial charge in [0.2, 0.25) is 0 Å². The van der Waals surface area contributed by atoms with Crippen molar-refractivity contribution in [3.63, 3.8) is 0 Å². The number of ketones is 1. The summed E-state index contributed by atoms with van der Waals surface area (Å²) in [5.74, 6) is 1.28. The summed E-state index contributed by atoms with van der Waals surface area (Å²) < 4.78 is 0. The number of rotatable bonds is 8. The molecule has 1 heterocycles. The van der Waals surface area contributed by atoms with Crippen LogP contribution >= 0.6 is 25.3 Å². The minimum Gasteiger partial charge on any atom is -0.313 e. The topological polar surface area (TPSA) is 32.3 Å². The maximum absolute atomic E-state index is 12.1. The highest BCUT2D eigenvalue weighted by atomic mass is 32.1. The zero-order chi connectivity index (χ0) is 13.4. The number of carbonyl (C=O) groups excluding carboxylic acids is 1. The molecule has 0 aromatic carbocycles. The van der Waals surface area contributed by atoms with Gasteiger partial charge in [0, 0.05) is 31.3 Å². The van der Waals surface area contributed by atoms with Gasteiger partial charge in [-0.05, 0) is 32.1 Å². The van der Waals surface area contributed by atoms with Gasteiger partial charge in [0.25, 0.3) is 0 Å². The van der Waals surface area contributed by atoms with Crippen LogP contribution < -0.4 is 5.32 Å². The van der Waals surface area contributed by atoms with E-state index in [9.17, 15) is 4.79 Å². The summed E-state index contributed by atoms with van der Waals surface area (Å²) in [6, 6.07) is 0.0861. The lowest BCUT2D eigenvalue weighted by atomic mass is 10.0.